The highest BCUT2D eigenvalue weighted by molar-refractivity contribution is 7.91. The van der Waals surface area contributed by atoms with Crippen LogP contribution in [0.25, 0.3) is 16.7 Å². The molecule has 0 radical (unpaired) electrons. The number of nitrogens with one attached hydrogen (secondary N) is 2. The van der Waals surface area contributed by atoms with Crippen LogP contribution in [0.5, 0.6) is 0 Å². The first-order valence-corrected chi connectivity index (χ1v) is 10.7. The molecule has 2 aliphatic carbocycles. The van der Waals surface area contributed by atoms with Crippen molar-refractivity contribution >= 4 is 26.7 Å². The van der Waals surface area contributed by atoms with Crippen molar-refractivity contribution in [3.63, 3.8) is 0 Å². The number of imidazole rings is 1. The van der Waals surface area contributed by atoms with E-state index >= 15 is 0 Å². The van der Waals surface area contributed by atoms with E-state index in [1.165, 1.54) is 0 Å². The van der Waals surface area contributed by atoms with Gasteiger partial charge in [0.25, 0.3) is 0 Å². The molecule has 0 aromatic carbocycles. The first kappa shape index (κ1) is 16.3. The summed E-state index contributed by atoms with van der Waals surface area (Å²) in [5, 5.41) is 0. The summed E-state index contributed by atoms with van der Waals surface area (Å²) in [7, 11) is -3.25. The fourth-order valence-electron chi connectivity index (χ4n) is 4.27. The van der Waals surface area contributed by atoms with Crippen LogP contribution in [-0.4, -0.2) is 38.6 Å². The second-order valence-electron chi connectivity index (χ2n) is 8.17. The minimum Gasteiger partial charge on any atom is -0.345 e. The molecule has 3 heterocycles. The summed E-state index contributed by atoms with van der Waals surface area (Å²) in [5.41, 5.74) is 2.81. The molecule has 2 fully saturated rings. The van der Waals surface area contributed by atoms with Crippen molar-refractivity contribution in [3.8, 4) is 0 Å². The van der Waals surface area contributed by atoms with Gasteiger partial charge < -0.3 is 4.98 Å². The molecular formula is C18H23N5O2S. The van der Waals surface area contributed by atoms with Crippen LogP contribution in [0.3, 0.4) is 0 Å². The zero-order chi connectivity index (χ0) is 18.1. The summed E-state index contributed by atoms with van der Waals surface area (Å²) in [5.74, 6) is 1.58. The maximum absolute atomic E-state index is 12.6. The van der Waals surface area contributed by atoms with E-state index in [1.54, 1.807) is 0 Å². The predicted octanol–water partition coefficient (Wildman–Crippen LogP) is 2.56. The van der Waals surface area contributed by atoms with Crippen LogP contribution >= 0.6 is 0 Å². The molecule has 2 N–H and O–H groups in total. The molecule has 0 spiro atoms. The summed E-state index contributed by atoms with van der Waals surface area (Å²) < 4.78 is 29.7. The number of sulfonamides is 1. The van der Waals surface area contributed by atoms with Gasteiger partial charge in [0.1, 0.15) is 5.82 Å². The zero-order valence-electron chi connectivity index (χ0n) is 14.9. The molecule has 138 valence electrons. The van der Waals surface area contributed by atoms with Crippen molar-refractivity contribution in [3.05, 3.63) is 30.5 Å². The Morgan fingerprint density at radius 3 is 2.81 bits per heavy atom. The second-order valence-corrected chi connectivity index (χ2v) is 10.4. The van der Waals surface area contributed by atoms with Crippen molar-refractivity contribution < 1.29 is 8.42 Å². The number of H-pyrrole nitrogens is 1. The standard InChI is InChI=1S/C18H23N5O2S/c1-11-7-12(22-26(24,25)18(2)4-5-18)8-14(11)17-21-10-13-9-20-16-15(23(13)17)3-6-19-16/h3,6,9-12,14,19,22H,4-5,7-8H2,1-2H3/t11-,12+,14+/m1/s1. The Hall–Kier alpha value is -1.93. The summed E-state index contributed by atoms with van der Waals surface area (Å²) in [6, 6.07) is 1.99. The van der Waals surface area contributed by atoms with Gasteiger partial charge in [-0.05, 0) is 44.6 Å². The first-order chi connectivity index (χ1) is 12.4. The smallest absolute Gasteiger partial charge is 0.217 e. The third kappa shape index (κ3) is 2.31. The van der Waals surface area contributed by atoms with Crippen molar-refractivity contribution in [2.24, 2.45) is 5.92 Å². The number of nitrogens with zero attached hydrogens (tertiary/aromatic N) is 3. The molecule has 7 nitrogen and oxygen atoms in total. The summed E-state index contributed by atoms with van der Waals surface area (Å²) in [4.78, 5) is 12.2. The van der Waals surface area contributed by atoms with Gasteiger partial charge in [-0.15, -0.1) is 0 Å². The Morgan fingerprint density at radius 1 is 1.27 bits per heavy atom. The number of hydrogen-bond donors (Lipinski definition) is 2. The van der Waals surface area contributed by atoms with Crippen LogP contribution in [0.4, 0.5) is 0 Å². The molecule has 8 heteroatoms. The monoisotopic (exact) mass is 373 g/mol. The van der Waals surface area contributed by atoms with E-state index in [9.17, 15) is 8.42 Å². The largest absolute Gasteiger partial charge is 0.345 e. The molecule has 3 aromatic rings. The van der Waals surface area contributed by atoms with Crippen LogP contribution < -0.4 is 4.72 Å². The van der Waals surface area contributed by atoms with E-state index < -0.39 is 14.8 Å². The van der Waals surface area contributed by atoms with Crippen molar-refractivity contribution in [2.45, 2.75) is 56.2 Å². The number of fused-ring (bicyclic) bond motifs is 3. The highest BCUT2D eigenvalue weighted by Crippen LogP contribution is 2.44. The fraction of sp³-hybridized carbons (Fsp3) is 0.556. The molecule has 0 saturated heterocycles. The molecule has 0 bridgehead atoms. The topological polar surface area (TPSA) is 92.2 Å². The van der Waals surface area contributed by atoms with Gasteiger partial charge >= 0.3 is 0 Å². The Kier molecular flexibility index (Phi) is 3.31. The normalized spacial score (nSPS) is 28.2. The average molecular weight is 373 g/mol. The minimum absolute atomic E-state index is 0.0201. The van der Waals surface area contributed by atoms with Gasteiger partial charge in [0, 0.05) is 18.2 Å². The van der Waals surface area contributed by atoms with Crippen molar-refractivity contribution in [2.75, 3.05) is 0 Å². The van der Waals surface area contributed by atoms with E-state index in [0.717, 1.165) is 48.2 Å². The van der Waals surface area contributed by atoms with E-state index in [0.29, 0.717) is 5.92 Å². The molecule has 0 aliphatic heterocycles. The summed E-state index contributed by atoms with van der Waals surface area (Å²) in [6.07, 6.45) is 8.70. The minimum atomic E-state index is -3.25. The Morgan fingerprint density at radius 2 is 2.04 bits per heavy atom. The van der Waals surface area contributed by atoms with E-state index in [-0.39, 0.29) is 12.0 Å². The molecule has 0 amide bonds. The molecule has 3 aromatic heterocycles. The van der Waals surface area contributed by atoms with Gasteiger partial charge in [0.05, 0.1) is 28.2 Å². The Balaban J connectivity index is 1.48. The number of rotatable bonds is 4. The molecular weight excluding hydrogens is 350 g/mol. The SMILES string of the molecule is C[C@@H]1C[C@H](NS(=O)(=O)C2(C)CC2)C[C@@H]1c1ncc2cnc3[nH]ccc3n12. The lowest BCUT2D eigenvalue weighted by Crippen LogP contribution is -2.40. The summed E-state index contributed by atoms with van der Waals surface area (Å²) in [6.45, 7) is 4.03. The second kappa shape index (κ2) is 5.29. The van der Waals surface area contributed by atoms with Gasteiger partial charge in [-0.25, -0.2) is 23.1 Å². The fourth-order valence-corrected chi connectivity index (χ4v) is 5.83. The number of aromatic nitrogens is 4. The van der Waals surface area contributed by atoms with Gasteiger partial charge in [-0.3, -0.25) is 4.40 Å². The molecule has 2 saturated carbocycles. The van der Waals surface area contributed by atoms with Crippen molar-refractivity contribution in [1.82, 2.24) is 24.1 Å². The predicted molar refractivity (Wildman–Crippen MR) is 99.5 cm³/mol. The lowest BCUT2D eigenvalue weighted by Gasteiger charge is -2.17. The Labute approximate surface area is 152 Å². The zero-order valence-corrected chi connectivity index (χ0v) is 15.8. The van der Waals surface area contributed by atoms with E-state index in [4.69, 9.17) is 0 Å². The third-order valence-electron chi connectivity index (χ3n) is 6.23. The molecule has 26 heavy (non-hydrogen) atoms. The Bertz CT molecular complexity index is 1100. The molecule has 2 aliphatic rings. The maximum atomic E-state index is 12.6. The molecule has 5 rings (SSSR count). The lowest BCUT2D eigenvalue weighted by molar-refractivity contribution is 0.507. The highest BCUT2D eigenvalue weighted by atomic mass is 32.2. The number of hydrogen-bond acceptors (Lipinski definition) is 4. The van der Waals surface area contributed by atoms with E-state index in [2.05, 4.69) is 31.0 Å². The molecule has 0 unspecified atom stereocenters. The van der Waals surface area contributed by atoms with Crippen LogP contribution in [0.15, 0.2) is 24.7 Å². The quantitative estimate of drug-likeness (QED) is 0.735. The van der Waals surface area contributed by atoms with Gasteiger partial charge in [-0.2, -0.15) is 0 Å². The summed E-state index contributed by atoms with van der Waals surface area (Å²) >= 11 is 0. The maximum Gasteiger partial charge on any atom is 0.217 e. The first-order valence-electron chi connectivity index (χ1n) is 9.19. The van der Waals surface area contributed by atoms with Gasteiger partial charge in [0.2, 0.25) is 10.0 Å². The average Bonchev–Trinajstić information content (AvgIpc) is 2.97. The number of aromatic amines is 1. The van der Waals surface area contributed by atoms with Crippen molar-refractivity contribution in [1.29, 1.82) is 0 Å². The highest BCUT2D eigenvalue weighted by Gasteiger charge is 2.51. The van der Waals surface area contributed by atoms with E-state index in [1.807, 2.05) is 31.6 Å². The third-order valence-corrected chi connectivity index (χ3v) is 8.57. The molecule has 3 atom stereocenters. The van der Waals surface area contributed by atoms with Gasteiger partial charge in [-0.1, -0.05) is 6.92 Å². The van der Waals surface area contributed by atoms with Crippen LogP contribution in [-0.2, 0) is 10.0 Å². The van der Waals surface area contributed by atoms with Crippen LogP contribution in [0, 0.1) is 5.92 Å². The van der Waals surface area contributed by atoms with Crippen LogP contribution in [0.1, 0.15) is 51.3 Å². The van der Waals surface area contributed by atoms with Gasteiger partial charge in [0.15, 0.2) is 5.65 Å². The van der Waals surface area contributed by atoms with Crippen LogP contribution in [0.2, 0.25) is 0 Å². The lowest BCUT2D eigenvalue weighted by atomic mass is 9.97.